The van der Waals surface area contributed by atoms with Gasteiger partial charge in [-0.05, 0) is 25.8 Å². The third-order valence-electron chi connectivity index (χ3n) is 6.17. The fourth-order valence-electron chi connectivity index (χ4n) is 4.26. The van der Waals surface area contributed by atoms with Crippen molar-refractivity contribution in [1.29, 1.82) is 0 Å². The zero-order valence-corrected chi connectivity index (χ0v) is 16.9. The number of carbonyl (C=O) groups excluding carboxylic acids is 2. The number of carbonyl (C=O) groups is 2. The molecule has 164 valence electrons. The molecule has 0 saturated carbocycles. The smallest absolute Gasteiger partial charge is 0.257 e. The molecular formula is C22H22F2N2O5. The number of halogens is 2. The number of Topliss-reactive ketones (excluding diaryl/α,β-unsaturated/α-hetero) is 1. The monoisotopic (exact) mass is 432 g/mol. The molecule has 1 saturated heterocycles. The molecule has 31 heavy (non-hydrogen) atoms. The van der Waals surface area contributed by atoms with Crippen LogP contribution in [-0.2, 0) is 17.8 Å². The number of amides is 1. The maximum Gasteiger partial charge on any atom is 0.257 e. The van der Waals surface area contributed by atoms with Crippen molar-refractivity contribution < 1.29 is 28.2 Å². The van der Waals surface area contributed by atoms with Crippen LogP contribution in [0.4, 0.5) is 8.78 Å². The van der Waals surface area contributed by atoms with Gasteiger partial charge in [0.1, 0.15) is 22.9 Å². The Morgan fingerprint density at radius 3 is 2.84 bits per heavy atom. The third kappa shape index (κ3) is 3.63. The van der Waals surface area contributed by atoms with E-state index in [1.165, 1.54) is 16.8 Å². The lowest BCUT2D eigenvalue weighted by Crippen LogP contribution is -2.49. The normalized spacial score (nSPS) is 22.9. The highest BCUT2D eigenvalue weighted by Crippen LogP contribution is 2.42. The molecule has 0 radical (unpaired) electrons. The van der Waals surface area contributed by atoms with Crippen LogP contribution in [0.15, 0.2) is 29.2 Å². The minimum absolute atomic E-state index is 0.0369. The summed E-state index contributed by atoms with van der Waals surface area (Å²) < 4.78 is 34.1. The maximum absolute atomic E-state index is 13.8. The molecule has 0 spiro atoms. The molecule has 1 unspecified atom stereocenters. The Balaban J connectivity index is 1.65. The topological polar surface area (TPSA) is 97.6 Å². The van der Waals surface area contributed by atoms with E-state index in [9.17, 15) is 28.3 Å². The number of rotatable bonds is 3. The van der Waals surface area contributed by atoms with Crippen LogP contribution < -0.4 is 10.7 Å². The van der Waals surface area contributed by atoms with Crippen molar-refractivity contribution in [3.63, 3.8) is 0 Å². The van der Waals surface area contributed by atoms with Crippen LogP contribution in [0.3, 0.4) is 0 Å². The molecule has 2 N–H and O–H groups in total. The van der Waals surface area contributed by atoms with Crippen molar-refractivity contribution in [3.8, 4) is 5.75 Å². The minimum Gasteiger partial charge on any atom is -0.503 e. The van der Waals surface area contributed by atoms with Crippen molar-refractivity contribution in [1.82, 2.24) is 9.88 Å². The van der Waals surface area contributed by atoms with Crippen molar-refractivity contribution in [2.24, 2.45) is 5.41 Å². The Labute approximate surface area is 176 Å². The van der Waals surface area contributed by atoms with Gasteiger partial charge in [-0.1, -0.05) is 12.5 Å². The van der Waals surface area contributed by atoms with Crippen LogP contribution in [0.2, 0.25) is 0 Å². The number of nitrogens with zero attached hydrogens (tertiary/aromatic N) is 1. The summed E-state index contributed by atoms with van der Waals surface area (Å²) in [6.45, 7) is 2.20. The summed E-state index contributed by atoms with van der Waals surface area (Å²) in [5.41, 5.74) is -2.31. The van der Waals surface area contributed by atoms with Crippen molar-refractivity contribution >= 4 is 11.7 Å². The molecule has 2 atom stereocenters. The van der Waals surface area contributed by atoms with Gasteiger partial charge in [0.05, 0.1) is 18.1 Å². The summed E-state index contributed by atoms with van der Waals surface area (Å²) in [6.07, 6.45) is 2.97. The molecule has 0 bridgehead atoms. The predicted octanol–water partition coefficient (Wildman–Crippen LogP) is 2.53. The van der Waals surface area contributed by atoms with E-state index in [1.807, 2.05) is 0 Å². The molecule has 1 fully saturated rings. The number of hydrogen-bond donors (Lipinski definition) is 2. The van der Waals surface area contributed by atoms with Crippen molar-refractivity contribution in [2.75, 3.05) is 6.61 Å². The van der Waals surface area contributed by atoms with Crippen LogP contribution in [0.25, 0.3) is 0 Å². The van der Waals surface area contributed by atoms with Crippen LogP contribution in [0.1, 0.15) is 52.6 Å². The number of nitrogens with one attached hydrogen (secondary N) is 1. The van der Waals surface area contributed by atoms with Gasteiger partial charge in [-0.15, -0.1) is 0 Å². The van der Waals surface area contributed by atoms with Crippen LogP contribution in [-0.4, -0.2) is 34.1 Å². The molecule has 2 aliphatic rings. The fraction of sp³-hybridized carbons (Fsp3) is 0.409. The summed E-state index contributed by atoms with van der Waals surface area (Å²) in [5, 5.41) is 12.9. The van der Waals surface area contributed by atoms with Gasteiger partial charge in [-0.25, -0.2) is 8.78 Å². The van der Waals surface area contributed by atoms with E-state index >= 15 is 0 Å². The molecule has 1 amide bonds. The van der Waals surface area contributed by atoms with Gasteiger partial charge in [-0.3, -0.25) is 14.4 Å². The van der Waals surface area contributed by atoms with E-state index in [-0.39, 0.29) is 35.7 Å². The van der Waals surface area contributed by atoms with Crippen LogP contribution in [0, 0.1) is 17.0 Å². The number of hydrogen-bond acceptors (Lipinski definition) is 5. The molecule has 1 aromatic carbocycles. The second kappa shape index (κ2) is 7.88. The quantitative estimate of drug-likeness (QED) is 0.777. The Morgan fingerprint density at radius 2 is 2.10 bits per heavy atom. The maximum atomic E-state index is 13.8. The van der Waals surface area contributed by atoms with Gasteiger partial charge in [-0.2, -0.15) is 0 Å². The molecule has 9 heteroatoms. The average molecular weight is 432 g/mol. The highest BCUT2D eigenvalue weighted by molar-refractivity contribution is 6.03. The number of aromatic nitrogens is 1. The summed E-state index contributed by atoms with van der Waals surface area (Å²) in [7, 11) is 0. The first kappa shape index (κ1) is 21.2. The second-order valence-corrected chi connectivity index (χ2v) is 8.20. The fourth-order valence-corrected chi connectivity index (χ4v) is 4.26. The van der Waals surface area contributed by atoms with Gasteiger partial charge in [0.2, 0.25) is 5.43 Å². The lowest BCUT2D eigenvalue weighted by Gasteiger charge is -2.40. The largest absolute Gasteiger partial charge is 0.503 e. The number of fused-ring (bicyclic) bond motifs is 2. The Morgan fingerprint density at radius 1 is 1.32 bits per heavy atom. The van der Waals surface area contributed by atoms with E-state index in [1.54, 1.807) is 6.92 Å². The molecule has 0 aliphatic carbocycles. The SMILES string of the molecule is CC12CCCCO[C@@H]1Cn1cc(C(=O)NCc3ccc(F)cc3F)c(=O)c(O)c1C2=O. The first-order chi connectivity index (χ1) is 14.7. The number of ketones is 1. The number of benzene rings is 1. The Kier molecular flexibility index (Phi) is 5.38. The minimum atomic E-state index is -0.978. The third-order valence-corrected chi connectivity index (χ3v) is 6.17. The standard InChI is InChI=1S/C22H22F2N2O5/c1-22-6-2-3-7-31-16(22)11-26-10-14(18(27)19(28)17(26)20(22)29)21(30)25-9-12-4-5-13(23)8-15(12)24/h4-5,8,10,16,28H,2-3,6-7,9,11H2,1H3,(H,25,30)/t16-,22?/m1/s1. The molecule has 7 nitrogen and oxygen atoms in total. The zero-order valence-electron chi connectivity index (χ0n) is 16.9. The van der Waals surface area contributed by atoms with Crippen molar-refractivity contribution in [3.05, 3.63) is 63.1 Å². The highest BCUT2D eigenvalue weighted by Gasteiger charge is 2.49. The molecule has 3 heterocycles. The van der Waals surface area contributed by atoms with E-state index in [0.29, 0.717) is 19.1 Å². The van der Waals surface area contributed by atoms with E-state index in [2.05, 4.69) is 5.32 Å². The lowest BCUT2D eigenvalue weighted by molar-refractivity contribution is -0.0284. The number of pyridine rings is 1. The highest BCUT2D eigenvalue weighted by atomic mass is 19.1. The van der Waals surface area contributed by atoms with Gasteiger partial charge >= 0.3 is 0 Å². The molecule has 4 rings (SSSR count). The average Bonchev–Trinajstić information content (AvgIpc) is 2.92. The Hall–Kier alpha value is -3.07. The number of aromatic hydroxyl groups is 1. The lowest BCUT2D eigenvalue weighted by atomic mass is 9.72. The molecule has 1 aromatic heterocycles. The summed E-state index contributed by atoms with van der Waals surface area (Å²) in [5.74, 6) is -3.60. The first-order valence-corrected chi connectivity index (χ1v) is 10.1. The molecule has 2 aliphatic heterocycles. The van der Waals surface area contributed by atoms with E-state index in [0.717, 1.165) is 18.9 Å². The first-order valence-electron chi connectivity index (χ1n) is 10.1. The van der Waals surface area contributed by atoms with Crippen LogP contribution in [0.5, 0.6) is 5.75 Å². The van der Waals surface area contributed by atoms with E-state index < -0.39 is 40.2 Å². The van der Waals surface area contributed by atoms with Gasteiger partial charge < -0.3 is 19.7 Å². The summed E-state index contributed by atoms with van der Waals surface area (Å²) >= 11 is 0. The van der Waals surface area contributed by atoms with Gasteiger partial charge in [0.25, 0.3) is 5.91 Å². The van der Waals surface area contributed by atoms with E-state index in [4.69, 9.17) is 4.74 Å². The zero-order chi connectivity index (χ0) is 22.3. The second-order valence-electron chi connectivity index (χ2n) is 8.20. The van der Waals surface area contributed by atoms with Gasteiger partial charge in [0.15, 0.2) is 11.5 Å². The summed E-state index contributed by atoms with van der Waals surface area (Å²) in [4.78, 5) is 38.4. The van der Waals surface area contributed by atoms with Crippen LogP contribution >= 0.6 is 0 Å². The van der Waals surface area contributed by atoms with Gasteiger partial charge in [0, 0.05) is 31.0 Å². The Bertz CT molecular complexity index is 1130. The molecular weight excluding hydrogens is 410 g/mol. The number of ether oxygens (including phenoxy) is 1. The summed E-state index contributed by atoms with van der Waals surface area (Å²) in [6, 6.07) is 2.93. The molecule has 2 aromatic rings. The van der Waals surface area contributed by atoms with Crippen molar-refractivity contribution in [2.45, 2.75) is 45.4 Å². The predicted molar refractivity (Wildman–Crippen MR) is 106 cm³/mol.